The first-order valence-electron chi connectivity index (χ1n) is 14.7. The third-order valence-corrected chi connectivity index (χ3v) is 9.77. The second kappa shape index (κ2) is 13.2. The molecular formula is C32H32F4N4O5S. The third-order valence-electron chi connectivity index (χ3n) is 8.06. The number of ether oxygens (including phenoxy) is 1. The molecule has 9 nitrogen and oxygen atoms in total. The maximum Gasteiger partial charge on any atom is 0.419 e. The van der Waals surface area contributed by atoms with Crippen LogP contribution in [0.5, 0.6) is 5.75 Å². The molecule has 1 amide bonds. The molecule has 0 spiro atoms. The molecule has 2 aromatic carbocycles. The Morgan fingerprint density at radius 1 is 1.11 bits per heavy atom. The Kier molecular flexibility index (Phi) is 9.47. The van der Waals surface area contributed by atoms with E-state index in [1.54, 1.807) is 43.3 Å². The van der Waals surface area contributed by atoms with Gasteiger partial charge in [0, 0.05) is 12.7 Å². The fourth-order valence-corrected chi connectivity index (χ4v) is 7.20. The van der Waals surface area contributed by atoms with Crippen LogP contribution in [0.4, 0.5) is 17.6 Å². The van der Waals surface area contributed by atoms with Gasteiger partial charge in [0.2, 0.25) is 5.91 Å². The minimum Gasteiger partial charge on any atom is -0.494 e. The Hall–Kier alpha value is -4.33. The molecule has 4 aromatic rings. The normalized spacial score (nSPS) is 15.9. The van der Waals surface area contributed by atoms with Crippen LogP contribution >= 0.6 is 0 Å². The highest BCUT2D eigenvalue weighted by molar-refractivity contribution is 7.91. The fourth-order valence-electron chi connectivity index (χ4n) is 5.61. The highest BCUT2D eigenvalue weighted by atomic mass is 32.2. The lowest BCUT2D eigenvalue weighted by molar-refractivity contribution is -0.140. The van der Waals surface area contributed by atoms with Crippen LogP contribution in [0.1, 0.15) is 49.7 Å². The molecule has 1 saturated heterocycles. The number of alkyl halides is 3. The highest BCUT2D eigenvalue weighted by Crippen LogP contribution is 2.33. The molecule has 14 heteroatoms. The van der Waals surface area contributed by atoms with E-state index in [2.05, 4.69) is 9.97 Å². The van der Waals surface area contributed by atoms with Crippen LogP contribution in [-0.4, -0.2) is 58.4 Å². The number of nitrogens with zero attached hydrogens (tertiary/aromatic N) is 4. The number of carbonyl (C=O) groups excluding carboxylic acids is 1. The van der Waals surface area contributed by atoms with E-state index in [-0.39, 0.29) is 59.2 Å². The first-order chi connectivity index (χ1) is 21.8. The number of hydrogen-bond acceptors (Lipinski definition) is 7. The first kappa shape index (κ1) is 33.0. The zero-order chi connectivity index (χ0) is 33.2. The number of sulfone groups is 1. The Balaban J connectivity index is 1.59. The smallest absolute Gasteiger partial charge is 0.419 e. The van der Waals surface area contributed by atoms with Crippen molar-refractivity contribution in [3.05, 3.63) is 93.9 Å². The molecule has 0 radical (unpaired) electrons. The second-order valence-corrected chi connectivity index (χ2v) is 13.5. The number of benzene rings is 2. The van der Waals surface area contributed by atoms with Gasteiger partial charge in [0.15, 0.2) is 5.65 Å². The molecule has 2 aromatic heterocycles. The van der Waals surface area contributed by atoms with Crippen molar-refractivity contribution in [2.45, 2.75) is 45.3 Å². The lowest BCUT2D eigenvalue weighted by Crippen LogP contribution is -2.42. The summed E-state index contributed by atoms with van der Waals surface area (Å²) in [5.41, 5.74) is -1.42. The summed E-state index contributed by atoms with van der Waals surface area (Å²) in [5, 5.41) is 0.230. The van der Waals surface area contributed by atoms with Crippen LogP contribution < -0.4 is 10.3 Å². The van der Waals surface area contributed by atoms with Gasteiger partial charge in [-0.05, 0) is 86.7 Å². The van der Waals surface area contributed by atoms with Crippen LogP contribution in [-0.2, 0) is 27.2 Å². The average molecular weight is 661 g/mol. The van der Waals surface area contributed by atoms with Gasteiger partial charge in [0.25, 0.3) is 5.56 Å². The van der Waals surface area contributed by atoms with Crippen molar-refractivity contribution < 1.29 is 35.5 Å². The van der Waals surface area contributed by atoms with E-state index in [4.69, 9.17) is 4.74 Å². The van der Waals surface area contributed by atoms with Crippen LogP contribution in [0.25, 0.3) is 16.7 Å². The molecule has 3 heterocycles. The van der Waals surface area contributed by atoms with E-state index in [1.165, 1.54) is 15.7 Å². The maximum atomic E-state index is 14.0. The minimum absolute atomic E-state index is 0.0563. The van der Waals surface area contributed by atoms with Crippen molar-refractivity contribution in [1.29, 1.82) is 0 Å². The highest BCUT2D eigenvalue weighted by Gasteiger charge is 2.35. The molecule has 1 atom stereocenters. The van der Waals surface area contributed by atoms with Crippen molar-refractivity contribution in [3.8, 4) is 11.4 Å². The average Bonchev–Trinajstić information content (AvgIpc) is 3.01. The van der Waals surface area contributed by atoms with Crippen molar-refractivity contribution in [1.82, 2.24) is 19.4 Å². The summed E-state index contributed by atoms with van der Waals surface area (Å²) >= 11 is 0. The van der Waals surface area contributed by atoms with Crippen molar-refractivity contribution in [2.24, 2.45) is 5.92 Å². The molecule has 0 bridgehead atoms. The van der Waals surface area contributed by atoms with Crippen LogP contribution in [0.2, 0.25) is 0 Å². The molecule has 0 saturated carbocycles. The molecule has 0 unspecified atom stereocenters. The van der Waals surface area contributed by atoms with Gasteiger partial charge in [-0.25, -0.2) is 22.8 Å². The lowest BCUT2D eigenvalue weighted by Gasteiger charge is -2.34. The number of halogens is 4. The zero-order valence-electron chi connectivity index (χ0n) is 25.1. The van der Waals surface area contributed by atoms with Gasteiger partial charge in [0.1, 0.15) is 27.2 Å². The number of carbonyl (C=O) groups is 1. The molecule has 244 valence electrons. The number of hydrogen-bond donors (Lipinski definition) is 0. The van der Waals surface area contributed by atoms with Crippen LogP contribution in [0.15, 0.2) is 65.6 Å². The predicted octanol–water partition coefficient (Wildman–Crippen LogP) is 5.29. The van der Waals surface area contributed by atoms with Gasteiger partial charge >= 0.3 is 6.18 Å². The summed E-state index contributed by atoms with van der Waals surface area (Å²) in [6, 6.07) is 11.4. The van der Waals surface area contributed by atoms with E-state index in [0.29, 0.717) is 30.2 Å². The van der Waals surface area contributed by atoms with Crippen molar-refractivity contribution in [2.75, 3.05) is 24.7 Å². The summed E-state index contributed by atoms with van der Waals surface area (Å²) in [5.74, 6) is -1.69. The summed E-state index contributed by atoms with van der Waals surface area (Å²) in [6.45, 7) is 3.97. The summed E-state index contributed by atoms with van der Waals surface area (Å²) in [4.78, 5) is 38.2. The van der Waals surface area contributed by atoms with Crippen molar-refractivity contribution >= 4 is 26.8 Å². The molecule has 0 N–H and O–H groups in total. The molecule has 1 fully saturated rings. The van der Waals surface area contributed by atoms with E-state index in [9.17, 15) is 35.6 Å². The minimum atomic E-state index is -4.96. The van der Waals surface area contributed by atoms with E-state index < -0.39 is 51.3 Å². The Bertz CT molecular complexity index is 1900. The molecule has 1 aliphatic heterocycles. The zero-order valence-corrected chi connectivity index (χ0v) is 25.9. The maximum absolute atomic E-state index is 14.0. The molecule has 46 heavy (non-hydrogen) atoms. The van der Waals surface area contributed by atoms with Gasteiger partial charge in [-0.1, -0.05) is 6.07 Å². The number of amides is 1. The Morgan fingerprint density at radius 3 is 2.46 bits per heavy atom. The summed E-state index contributed by atoms with van der Waals surface area (Å²) < 4.78 is 85.5. The SMILES string of the molecule is CCOc1ccc(-n2c([C@@H](C)N(CC3CCS(=O)(=O)CC3)C(=O)Cc3ccc(F)c(C(F)(F)F)c3)nc3ncccc3c2=O)cc1. The third kappa shape index (κ3) is 7.22. The molecule has 5 rings (SSSR count). The van der Waals surface area contributed by atoms with Crippen molar-refractivity contribution in [3.63, 3.8) is 0 Å². The molecule has 0 aliphatic carbocycles. The monoisotopic (exact) mass is 660 g/mol. The predicted molar refractivity (Wildman–Crippen MR) is 163 cm³/mol. The largest absolute Gasteiger partial charge is 0.494 e. The lowest BCUT2D eigenvalue weighted by atomic mass is 10.00. The standard InChI is InChI=1S/C32H32F4N4O5S/c1-3-45-24-9-7-23(8-10-24)40-30(38-29-25(31(40)42)5-4-14-37-29)20(2)39(19-21-12-15-46(43,44)16-13-21)28(41)18-22-6-11-27(33)26(17-22)32(34,35)36/h4-11,14,17,20-21H,3,12-13,15-16,18-19H2,1-2H3/t20-/m1/s1. The Labute approximate surface area is 262 Å². The number of rotatable bonds is 9. The Morgan fingerprint density at radius 2 is 1.80 bits per heavy atom. The molecule has 1 aliphatic rings. The molecular weight excluding hydrogens is 628 g/mol. The van der Waals surface area contributed by atoms with E-state index in [0.717, 1.165) is 6.07 Å². The number of pyridine rings is 1. The van der Waals surface area contributed by atoms with Gasteiger partial charge in [-0.3, -0.25) is 14.2 Å². The van der Waals surface area contributed by atoms with E-state index >= 15 is 0 Å². The second-order valence-electron chi connectivity index (χ2n) is 11.2. The van der Waals surface area contributed by atoms with Gasteiger partial charge in [-0.15, -0.1) is 0 Å². The first-order valence-corrected chi connectivity index (χ1v) is 16.6. The van der Waals surface area contributed by atoms with Crippen LogP contribution in [0.3, 0.4) is 0 Å². The quantitative estimate of drug-likeness (QED) is 0.224. The summed E-state index contributed by atoms with van der Waals surface area (Å²) in [6.07, 6.45) is -3.42. The summed E-state index contributed by atoms with van der Waals surface area (Å²) in [7, 11) is -3.22. The fraction of sp³-hybridized carbons (Fsp3) is 0.375. The van der Waals surface area contributed by atoms with Crippen LogP contribution in [0, 0.1) is 11.7 Å². The van der Waals surface area contributed by atoms with Gasteiger partial charge < -0.3 is 9.64 Å². The number of fused-ring (bicyclic) bond motifs is 1. The van der Waals surface area contributed by atoms with Gasteiger partial charge in [-0.2, -0.15) is 13.2 Å². The topological polar surface area (TPSA) is 111 Å². The number of aromatic nitrogens is 3. The van der Waals surface area contributed by atoms with Gasteiger partial charge in [0.05, 0.1) is 47.2 Å². The van der Waals surface area contributed by atoms with E-state index in [1.807, 2.05) is 6.92 Å².